The average molecular weight is 427 g/mol. The molecule has 0 rings (SSSR count). The summed E-state index contributed by atoms with van der Waals surface area (Å²) in [4.78, 5) is 25.5. The molecule has 4 heteroatoms. The molecule has 30 heavy (non-hydrogen) atoms. The second-order valence-corrected chi connectivity index (χ2v) is 8.82. The Kier molecular flexibility index (Phi) is 18.0. The summed E-state index contributed by atoms with van der Waals surface area (Å²) in [7, 11) is 0. The van der Waals surface area contributed by atoms with Crippen LogP contribution in [-0.4, -0.2) is 24.6 Å². The van der Waals surface area contributed by atoms with Crippen LogP contribution in [0.1, 0.15) is 137 Å². The highest BCUT2D eigenvalue weighted by Crippen LogP contribution is 2.31. The minimum Gasteiger partial charge on any atom is -0.465 e. The molecule has 0 saturated carbocycles. The van der Waals surface area contributed by atoms with Crippen molar-refractivity contribution in [2.45, 2.75) is 143 Å². The zero-order valence-corrected chi connectivity index (χ0v) is 20.7. The van der Waals surface area contributed by atoms with E-state index >= 15 is 0 Å². The normalized spacial score (nSPS) is 12.6. The number of carbonyl (C=O) groups is 2. The van der Waals surface area contributed by atoms with E-state index in [1.807, 2.05) is 20.8 Å². The molecule has 4 nitrogen and oxygen atoms in total. The Balaban J connectivity index is 4.09. The van der Waals surface area contributed by atoms with Gasteiger partial charge in [0.05, 0.1) is 12.7 Å². The van der Waals surface area contributed by atoms with Crippen LogP contribution < -0.4 is 0 Å². The molecule has 1 atom stereocenters. The maximum absolute atomic E-state index is 12.7. The molecule has 0 spiro atoms. The van der Waals surface area contributed by atoms with E-state index in [4.69, 9.17) is 9.47 Å². The molecule has 0 radical (unpaired) electrons. The fourth-order valence-electron chi connectivity index (χ4n) is 3.83. The third-order valence-electron chi connectivity index (χ3n) is 6.24. The molecule has 0 aromatic rings. The molecule has 0 amide bonds. The van der Waals surface area contributed by atoms with Gasteiger partial charge in [-0.1, -0.05) is 105 Å². The van der Waals surface area contributed by atoms with Gasteiger partial charge in [0.15, 0.2) is 5.41 Å². The summed E-state index contributed by atoms with van der Waals surface area (Å²) >= 11 is 0. The lowest BCUT2D eigenvalue weighted by Gasteiger charge is -2.28. The van der Waals surface area contributed by atoms with Crippen molar-refractivity contribution < 1.29 is 19.1 Å². The fraction of sp³-hybridized carbons (Fsp3) is 0.923. The van der Waals surface area contributed by atoms with Crippen molar-refractivity contribution in [3.05, 3.63) is 0 Å². The average Bonchev–Trinajstić information content (AvgIpc) is 2.74. The van der Waals surface area contributed by atoms with E-state index in [2.05, 4.69) is 13.8 Å². The van der Waals surface area contributed by atoms with Crippen molar-refractivity contribution in [2.75, 3.05) is 6.61 Å². The van der Waals surface area contributed by atoms with Gasteiger partial charge in [0.2, 0.25) is 0 Å². The molecule has 178 valence electrons. The molecule has 0 fully saturated rings. The zero-order chi connectivity index (χ0) is 22.7. The molecule has 0 aliphatic rings. The maximum atomic E-state index is 12.7. The minimum absolute atomic E-state index is 0.158. The lowest BCUT2D eigenvalue weighted by atomic mass is 9.82. The zero-order valence-electron chi connectivity index (χ0n) is 20.7. The van der Waals surface area contributed by atoms with Gasteiger partial charge in [-0.2, -0.15) is 0 Å². The van der Waals surface area contributed by atoms with Gasteiger partial charge in [-0.3, -0.25) is 9.59 Å². The topological polar surface area (TPSA) is 52.6 Å². The first-order valence-corrected chi connectivity index (χ1v) is 12.9. The smallest absolute Gasteiger partial charge is 0.323 e. The summed E-state index contributed by atoms with van der Waals surface area (Å²) in [5.41, 5.74) is -1.15. The van der Waals surface area contributed by atoms with Crippen LogP contribution in [0.15, 0.2) is 0 Å². The quantitative estimate of drug-likeness (QED) is 0.113. The molecule has 0 bridgehead atoms. The summed E-state index contributed by atoms with van der Waals surface area (Å²) in [5, 5.41) is 0. The predicted molar refractivity (Wildman–Crippen MR) is 126 cm³/mol. The van der Waals surface area contributed by atoms with Crippen LogP contribution in [0, 0.1) is 5.41 Å². The molecular weight excluding hydrogens is 376 g/mol. The Morgan fingerprint density at radius 3 is 1.60 bits per heavy atom. The minimum atomic E-state index is -1.15. The molecule has 1 unspecified atom stereocenters. The Bertz CT molecular complexity index is 429. The van der Waals surface area contributed by atoms with Gasteiger partial charge in [-0.05, 0) is 32.6 Å². The molecule has 0 aromatic heterocycles. The molecule has 0 saturated heterocycles. The lowest BCUT2D eigenvalue weighted by molar-refractivity contribution is -0.176. The van der Waals surface area contributed by atoms with E-state index in [-0.39, 0.29) is 6.10 Å². The van der Waals surface area contributed by atoms with Gasteiger partial charge >= 0.3 is 11.9 Å². The Morgan fingerprint density at radius 2 is 1.13 bits per heavy atom. The number of unbranched alkanes of at least 4 members (excludes halogenated alkanes) is 11. The predicted octanol–water partition coefficient (Wildman–Crippen LogP) is 7.77. The van der Waals surface area contributed by atoms with Gasteiger partial charge in [-0.15, -0.1) is 0 Å². The van der Waals surface area contributed by atoms with Crippen LogP contribution in [0.4, 0.5) is 0 Å². The monoisotopic (exact) mass is 426 g/mol. The number of hydrogen-bond donors (Lipinski definition) is 0. The first-order chi connectivity index (χ1) is 14.5. The number of esters is 2. The lowest BCUT2D eigenvalue weighted by Crippen LogP contribution is -2.42. The second kappa shape index (κ2) is 18.7. The van der Waals surface area contributed by atoms with E-state index in [1.165, 1.54) is 57.8 Å². The highest BCUT2D eigenvalue weighted by molar-refractivity contribution is 6.00. The molecule has 0 aromatic carbocycles. The van der Waals surface area contributed by atoms with Crippen LogP contribution in [-0.2, 0) is 19.1 Å². The van der Waals surface area contributed by atoms with E-state index in [1.54, 1.807) is 0 Å². The van der Waals surface area contributed by atoms with Gasteiger partial charge in [-0.25, -0.2) is 0 Å². The van der Waals surface area contributed by atoms with Crippen molar-refractivity contribution in [1.29, 1.82) is 0 Å². The molecule has 0 aliphatic heterocycles. The van der Waals surface area contributed by atoms with Crippen LogP contribution >= 0.6 is 0 Å². The SMILES string of the molecule is CCCCCCCCCCCCCOC(=O)C(CC)(CC)C(=O)OC(C)CCCC. The summed E-state index contributed by atoms with van der Waals surface area (Å²) in [6, 6.07) is 0. The summed E-state index contributed by atoms with van der Waals surface area (Å²) in [6.07, 6.45) is 17.4. The fourth-order valence-corrected chi connectivity index (χ4v) is 3.83. The Labute approximate surface area is 186 Å². The first-order valence-electron chi connectivity index (χ1n) is 12.9. The third kappa shape index (κ3) is 12.0. The van der Waals surface area contributed by atoms with Crippen LogP contribution in [0.5, 0.6) is 0 Å². The summed E-state index contributed by atoms with van der Waals surface area (Å²) in [6.45, 7) is 10.4. The van der Waals surface area contributed by atoms with E-state index in [0.717, 1.165) is 32.1 Å². The maximum Gasteiger partial charge on any atom is 0.323 e. The Morgan fingerprint density at radius 1 is 0.667 bits per heavy atom. The number of rotatable bonds is 20. The van der Waals surface area contributed by atoms with Gasteiger partial charge in [0.25, 0.3) is 0 Å². The standard InChI is InChI=1S/C26H50O4/c1-6-10-12-13-14-15-16-17-18-19-20-22-29-24(27)26(8-3,9-4)25(28)30-23(5)21-11-7-2/h23H,6-22H2,1-5H3. The second-order valence-electron chi connectivity index (χ2n) is 8.82. The number of carbonyl (C=O) groups excluding carboxylic acids is 2. The summed E-state index contributed by atoms with van der Waals surface area (Å²) < 4.78 is 11.1. The molecule has 0 aliphatic carbocycles. The molecule has 0 heterocycles. The Hall–Kier alpha value is -1.06. The van der Waals surface area contributed by atoms with Crippen LogP contribution in [0.2, 0.25) is 0 Å². The van der Waals surface area contributed by atoms with Gasteiger partial charge in [0.1, 0.15) is 0 Å². The van der Waals surface area contributed by atoms with E-state index in [0.29, 0.717) is 19.4 Å². The van der Waals surface area contributed by atoms with Crippen LogP contribution in [0.25, 0.3) is 0 Å². The van der Waals surface area contributed by atoms with Gasteiger partial charge in [0, 0.05) is 0 Å². The highest BCUT2D eigenvalue weighted by atomic mass is 16.6. The van der Waals surface area contributed by atoms with Crippen LogP contribution in [0.3, 0.4) is 0 Å². The number of hydrogen-bond acceptors (Lipinski definition) is 4. The molecule has 0 N–H and O–H groups in total. The van der Waals surface area contributed by atoms with Crippen molar-refractivity contribution in [3.63, 3.8) is 0 Å². The first kappa shape index (κ1) is 28.9. The van der Waals surface area contributed by atoms with Gasteiger partial charge < -0.3 is 9.47 Å². The van der Waals surface area contributed by atoms with Crippen molar-refractivity contribution in [2.24, 2.45) is 5.41 Å². The van der Waals surface area contributed by atoms with Crippen molar-refractivity contribution in [1.82, 2.24) is 0 Å². The summed E-state index contributed by atoms with van der Waals surface area (Å²) in [5.74, 6) is -0.827. The van der Waals surface area contributed by atoms with Crippen molar-refractivity contribution in [3.8, 4) is 0 Å². The largest absolute Gasteiger partial charge is 0.465 e. The van der Waals surface area contributed by atoms with E-state index < -0.39 is 17.4 Å². The van der Waals surface area contributed by atoms with E-state index in [9.17, 15) is 9.59 Å². The molecular formula is C26H50O4. The third-order valence-corrected chi connectivity index (χ3v) is 6.24. The van der Waals surface area contributed by atoms with Crippen molar-refractivity contribution >= 4 is 11.9 Å². The number of ether oxygens (including phenoxy) is 2. The highest BCUT2D eigenvalue weighted by Gasteiger charge is 2.46.